The number of halogens is 1. The Morgan fingerprint density at radius 3 is 2.67 bits per heavy atom. The molecule has 0 aliphatic rings. The summed E-state index contributed by atoms with van der Waals surface area (Å²) in [6, 6.07) is 5.07. The van der Waals surface area contributed by atoms with E-state index >= 15 is 0 Å². The van der Waals surface area contributed by atoms with Gasteiger partial charge in [0.2, 0.25) is 5.91 Å². The first kappa shape index (κ1) is 17.4. The SMILES string of the molecule is CCCNCc1cccc(F)c1N(CCC)CC(=O)NC. The van der Waals surface area contributed by atoms with Gasteiger partial charge in [-0.05, 0) is 31.0 Å². The molecule has 0 fully saturated rings. The molecule has 0 spiro atoms. The van der Waals surface area contributed by atoms with Crippen LogP contribution in [0.3, 0.4) is 0 Å². The number of hydrogen-bond donors (Lipinski definition) is 2. The highest BCUT2D eigenvalue weighted by molar-refractivity contribution is 5.81. The molecule has 1 rings (SSSR count). The molecule has 0 radical (unpaired) electrons. The molecule has 0 bridgehead atoms. The molecular weight excluding hydrogens is 269 g/mol. The summed E-state index contributed by atoms with van der Waals surface area (Å²) < 4.78 is 14.3. The summed E-state index contributed by atoms with van der Waals surface area (Å²) in [6.07, 6.45) is 1.88. The van der Waals surface area contributed by atoms with Crippen LogP contribution in [0, 0.1) is 5.82 Å². The fraction of sp³-hybridized carbons (Fsp3) is 0.562. The second-order valence-corrected chi connectivity index (χ2v) is 5.02. The van der Waals surface area contributed by atoms with Gasteiger partial charge in [0.25, 0.3) is 0 Å². The molecule has 0 aromatic heterocycles. The van der Waals surface area contributed by atoms with E-state index in [0.717, 1.165) is 24.9 Å². The standard InChI is InChI=1S/C16H26FN3O/c1-4-9-19-11-13-7-6-8-14(17)16(13)20(10-5-2)12-15(21)18-3/h6-8,19H,4-5,9-12H2,1-3H3,(H,18,21). The van der Waals surface area contributed by atoms with Gasteiger partial charge in [0.05, 0.1) is 12.2 Å². The van der Waals surface area contributed by atoms with Crippen molar-refractivity contribution in [1.29, 1.82) is 0 Å². The van der Waals surface area contributed by atoms with Crippen molar-refractivity contribution >= 4 is 11.6 Å². The van der Waals surface area contributed by atoms with E-state index < -0.39 is 0 Å². The number of likely N-dealkylation sites (N-methyl/N-ethyl adjacent to an activating group) is 1. The molecule has 1 aromatic rings. The van der Waals surface area contributed by atoms with Crippen molar-refractivity contribution < 1.29 is 9.18 Å². The van der Waals surface area contributed by atoms with Crippen LogP contribution in [0.15, 0.2) is 18.2 Å². The predicted octanol–water partition coefficient (Wildman–Crippen LogP) is 2.29. The first-order chi connectivity index (χ1) is 10.1. The quantitative estimate of drug-likeness (QED) is 0.687. The Labute approximate surface area is 126 Å². The lowest BCUT2D eigenvalue weighted by Crippen LogP contribution is -2.37. The Hall–Kier alpha value is -1.62. The van der Waals surface area contributed by atoms with Crippen molar-refractivity contribution in [1.82, 2.24) is 10.6 Å². The number of nitrogens with zero attached hydrogens (tertiary/aromatic N) is 1. The van der Waals surface area contributed by atoms with Gasteiger partial charge < -0.3 is 15.5 Å². The molecule has 2 N–H and O–H groups in total. The fourth-order valence-electron chi connectivity index (χ4n) is 2.25. The smallest absolute Gasteiger partial charge is 0.239 e. The van der Waals surface area contributed by atoms with Crippen LogP contribution < -0.4 is 15.5 Å². The van der Waals surface area contributed by atoms with E-state index in [-0.39, 0.29) is 18.3 Å². The van der Waals surface area contributed by atoms with Gasteiger partial charge in [-0.2, -0.15) is 0 Å². The van der Waals surface area contributed by atoms with Crippen LogP contribution in [-0.4, -0.2) is 32.6 Å². The summed E-state index contributed by atoms with van der Waals surface area (Å²) in [6.45, 7) is 6.43. The van der Waals surface area contributed by atoms with Crippen LogP contribution in [0.5, 0.6) is 0 Å². The summed E-state index contributed by atoms with van der Waals surface area (Å²) in [5, 5.41) is 5.89. The maximum atomic E-state index is 14.3. The minimum atomic E-state index is -0.275. The number of carbonyl (C=O) groups excluding carboxylic acids is 1. The van der Waals surface area contributed by atoms with Gasteiger partial charge in [-0.1, -0.05) is 26.0 Å². The third-order valence-corrected chi connectivity index (χ3v) is 3.24. The van der Waals surface area contributed by atoms with Crippen molar-refractivity contribution in [2.75, 3.05) is 31.6 Å². The zero-order valence-electron chi connectivity index (χ0n) is 13.2. The second-order valence-electron chi connectivity index (χ2n) is 5.02. The molecule has 1 amide bonds. The Morgan fingerprint density at radius 1 is 1.29 bits per heavy atom. The molecule has 21 heavy (non-hydrogen) atoms. The molecule has 1 aromatic carbocycles. The van der Waals surface area contributed by atoms with Crippen molar-refractivity contribution in [2.45, 2.75) is 33.2 Å². The van der Waals surface area contributed by atoms with Gasteiger partial charge >= 0.3 is 0 Å². The Kier molecular flexibility index (Phi) is 7.75. The average molecular weight is 295 g/mol. The van der Waals surface area contributed by atoms with E-state index in [2.05, 4.69) is 17.6 Å². The summed E-state index contributed by atoms with van der Waals surface area (Å²) in [5.41, 5.74) is 1.42. The highest BCUT2D eigenvalue weighted by atomic mass is 19.1. The minimum Gasteiger partial charge on any atom is -0.360 e. The lowest BCUT2D eigenvalue weighted by atomic mass is 10.1. The van der Waals surface area contributed by atoms with E-state index in [1.54, 1.807) is 13.1 Å². The lowest BCUT2D eigenvalue weighted by Gasteiger charge is -2.26. The molecule has 0 saturated carbocycles. The number of carbonyl (C=O) groups is 1. The number of benzene rings is 1. The van der Waals surface area contributed by atoms with Gasteiger partial charge in [-0.15, -0.1) is 0 Å². The van der Waals surface area contributed by atoms with Gasteiger partial charge in [-0.25, -0.2) is 4.39 Å². The largest absolute Gasteiger partial charge is 0.360 e. The summed E-state index contributed by atoms with van der Waals surface area (Å²) in [4.78, 5) is 13.5. The molecular formula is C16H26FN3O. The zero-order chi connectivity index (χ0) is 15.7. The second kappa shape index (κ2) is 9.34. The molecule has 0 aliphatic carbocycles. The average Bonchev–Trinajstić information content (AvgIpc) is 2.47. The van der Waals surface area contributed by atoms with E-state index in [1.165, 1.54) is 6.07 Å². The Morgan fingerprint density at radius 2 is 2.05 bits per heavy atom. The number of amides is 1. The van der Waals surface area contributed by atoms with Crippen molar-refractivity contribution in [3.8, 4) is 0 Å². The monoisotopic (exact) mass is 295 g/mol. The van der Waals surface area contributed by atoms with E-state index in [9.17, 15) is 9.18 Å². The molecule has 0 aliphatic heterocycles. The maximum Gasteiger partial charge on any atom is 0.239 e. The maximum absolute atomic E-state index is 14.3. The van der Waals surface area contributed by atoms with E-state index in [0.29, 0.717) is 18.8 Å². The number of rotatable bonds is 9. The number of anilines is 1. The van der Waals surface area contributed by atoms with Crippen molar-refractivity contribution in [2.24, 2.45) is 0 Å². The van der Waals surface area contributed by atoms with Gasteiger partial charge in [0, 0.05) is 20.1 Å². The number of nitrogens with one attached hydrogen (secondary N) is 2. The third kappa shape index (κ3) is 5.34. The summed E-state index contributed by atoms with van der Waals surface area (Å²) in [7, 11) is 1.59. The first-order valence-electron chi connectivity index (χ1n) is 7.57. The van der Waals surface area contributed by atoms with Gasteiger partial charge in [0.1, 0.15) is 5.82 Å². The van der Waals surface area contributed by atoms with Crippen LogP contribution in [0.25, 0.3) is 0 Å². The Bertz CT molecular complexity index is 451. The molecule has 118 valence electrons. The molecule has 0 atom stereocenters. The highest BCUT2D eigenvalue weighted by Crippen LogP contribution is 2.24. The van der Waals surface area contributed by atoms with Crippen molar-refractivity contribution in [3.05, 3.63) is 29.6 Å². The first-order valence-corrected chi connectivity index (χ1v) is 7.57. The molecule has 0 heterocycles. The summed E-state index contributed by atoms with van der Waals surface area (Å²) >= 11 is 0. The van der Waals surface area contributed by atoms with Crippen LogP contribution in [0.2, 0.25) is 0 Å². The van der Waals surface area contributed by atoms with Gasteiger partial charge in [-0.3, -0.25) is 4.79 Å². The third-order valence-electron chi connectivity index (χ3n) is 3.24. The highest BCUT2D eigenvalue weighted by Gasteiger charge is 2.17. The van der Waals surface area contributed by atoms with Gasteiger partial charge in [0.15, 0.2) is 0 Å². The minimum absolute atomic E-state index is 0.112. The number of hydrogen-bond acceptors (Lipinski definition) is 3. The molecule has 5 heteroatoms. The summed E-state index contributed by atoms with van der Waals surface area (Å²) in [5.74, 6) is -0.387. The van der Waals surface area contributed by atoms with Crippen molar-refractivity contribution in [3.63, 3.8) is 0 Å². The number of para-hydroxylation sites is 1. The van der Waals surface area contributed by atoms with Crippen LogP contribution in [-0.2, 0) is 11.3 Å². The molecule has 0 saturated heterocycles. The van der Waals surface area contributed by atoms with E-state index in [1.807, 2.05) is 17.9 Å². The normalized spacial score (nSPS) is 10.5. The Balaban J connectivity index is 3.00. The zero-order valence-corrected chi connectivity index (χ0v) is 13.2. The van der Waals surface area contributed by atoms with E-state index in [4.69, 9.17) is 0 Å². The molecule has 0 unspecified atom stereocenters. The fourth-order valence-corrected chi connectivity index (χ4v) is 2.25. The molecule has 4 nitrogen and oxygen atoms in total. The predicted molar refractivity (Wildman–Crippen MR) is 85.0 cm³/mol. The lowest BCUT2D eigenvalue weighted by molar-refractivity contribution is -0.119. The van der Waals surface area contributed by atoms with Crippen LogP contribution in [0.1, 0.15) is 32.3 Å². The van der Waals surface area contributed by atoms with Crippen LogP contribution >= 0.6 is 0 Å². The van der Waals surface area contributed by atoms with Crippen LogP contribution in [0.4, 0.5) is 10.1 Å². The topological polar surface area (TPSA) is 44.4 Å².